The van der Waals surface area contributed by atoms with E-state index in [9.17, 15) is 0 Å². The standard InChI is InChI=1S/C43H33N3S2/c1-3-4-16-27-25(2)36-31-19-8-11-23-34(31)47-40(36)39-37(27)30-18-7-10-22-33(30)46(39)43-41-38(32-20-9-12-24-35(32)48-41)44-42(45-43)29-21-13-15-26-14-5-6-17-28(26)29/h3-14,16-24,26,41-43,45H,1,15H2,2H3/b16-4-. The predicted molar refractivity (Wildman–Crippen MR) is 207 cm³/mol. The highest BCUT2D eigenvalue weighted by Gasteiger charge is 2.43. The Morgan fingerprint density at radius 1 is 0.917 bits per heavy atom. The molecule has 2 aromatic heterocycles. The van der Waals surface area contributed by atoms with Crippen molar-refractivity contribution in [1.29, 1.82) is 0 Å². The highest BCUT2D eigenvalue weighted by atomic mass is 32.2. The molecule has 2 aliphatic heterocycles. The predicted octanol–water partition coefficient (Wildman–Crippen LogP) is 11.1. The number of fused-ring (bicyclic) bond motifs is 11. The normalized spacial score (nSPS) is 23.1. The van der Waals surface area contributed by atoms with Gasteiger partial charge in [-0.05, 0) is 53.8 Å². The van der Waals surface area contributed by atoms with Crippen LogP contribution in [0.1, 0.15) is 29.3 Å². The van der Waals surface area contributed by atoms with E-state index in [-0.39, 0.29) is 17.6 Å². The lowest BCUT2D eigenvalue weighted by molar-refractivity contribution is 0.390. The topological polar surface area (TPSA) is 29.3 Å². The van der Waals surface area contributed by atoms with Crippen molar-refractivity contribution in [2.45, 2.75) is 35.8 Å². The number of nitrogens with zero attached hydrogens (tertiary/aromatic N) is 2. The monoisotopic (exact) mass is 655 g/mol. The number of aromatic nitrogens is 1. The summed E-state index contributed by atoms with van der Waals surface area (Å²) in [6.07, 6.45) is 20.7. The Labute approximate surface area is 288 Å². The molecule has 0 saturated carbocycles. The van der Waals surface area contributed by atoms with Crippen LogP contribution in [0.15, 0.2) is 149 Å². The molecule has 6 aromatic rings. The van der Waals surface area contributed by atoms with Gasteiger partial charge < -0.3 is 4.57 Å². The van der Waals surface area contributed by atoms with Gasteiger partial charge in [0.2, 0.25) is 0 Å². The molecule has 0 fully saturated rings. The van der Waals surface area contributed by atoms with Crippen LogP contribution < -0.4 is 5.32 Å². The first-order valence-corrected chi connectivity index (χ1v) is 18.4. The summed E-state index contributed by atoms with van der Waals surface area (Å²) in [5, 5.41) is 9.56. The summed E-state index contributed by atoms with van der Waals surface area (Å²) in [7, 11) is 0. The molecular formula is C43H33N3S2. The van der Waals surface area contributed by atoms with Crippen molar-refractivity contribution in [2.24, 2.45) is 10.9 Å². The number of benzene rings is 4. The lowest BCUT2D eigenvalue weighted by Gasteiger charge is -2.37. The van der Waals surface area contributed by atoms with Gasteiger partial charge in [0.05, 0.1) is 26.7 Å². The van der Waals surface area contributed by atoms with Crippen LogP contribution in [0.5, 0.6) is 0 Å². The number of para-hydroxylation sites is 1. The third kappa shape index (κ3) is 4.02. The first-order chi connectivity index (χ1) is 23.7. The van der Waals surface area contributed by atoms with Crippen LogP contribution in [-0.4, -0.2) is 21.7 Å². The number of allylic oxidation sites excluding steroid dienone is 8. The fraction of sp³-hybridized carbons (Fsp3) is 0.140. The molecule has 10 rings (SSSR count). The third-order valence-corrected chi connectivity index (χ3v) is 13.0. The van der Waals surface area contributed by atoms with Gasteiger partial charge in [0.1, 0.15) is 12.3 Å². The van der Waals surface area contributed by atoms with Crippen LogP contribution in [0.2, 0.25) is 0 Å². The molecule has 4 aliphatic rings. The summed E-state index contributed by atoms with van der Waals surface area (Å²) in [5.74, 6) is 0.395. The van der Waals surface area contributed by atoms with Gasteiger partial charge in [-0.3, -0.25) is 10.3 Å². The lowest BCUT2D eigenvalue weighted by atomic mass is 9.83. The maximum Gasteiger partial charge on any atom is 0.127 e. The molecule has 1 N–H and O–H groups in total. The molecule has 4 atom stereocenters. The van der Waals surface area contributed by atoms with Crippen molar-refractivity contribution in [3.8, 4) is 0 Å². The number of aliphatic imine (C=N–C) groups is 1. The van der Waals surface area contributed by atoms with Crippen molar-refractivity contribution in [1.82, 2.24) is 9.88 Å². The summed E-state index contributed by atoms with van der Waals surface area (Å²) in [5.41, 5.74) is 10.2. The maximum absolute atomic E-state index is 5.57. The van der Waals surface area contributed by atoms with Crippen LogP contribution in [0.4, 0.5) is 0 Å². The van der Waals surface area contributed by atoms with Gasteiger partial charge in [0.15, 0.2) is 0 Å². The number of thiophene rings is 1. The summed E-state index contributed by atoms with van der Waals surface area (Å²) < 4.78 is 5.31. The largest absolute Gasteiger partial charge is 0.321 e. The zero-order chi connectivity index (χ0) is 31.9. The molecule has 2 aliphatic carbocycles. The zero-order valence-electron chi connectivity index (χ0n) is 26.6. The summed E-state index contributed by atoms with van der Waals surface area (Å²) >= 11 is 3.87. The smallest absolute Gasteiger partial charge is 0.127 e. The number of nitrogens with one attached hydrogen (secondary N) is 1. The number of hydrogen-bond donors (Lipinski definition) is 1. The lowest BCUT2D eigenvalue weighted by Crippen LogP contribution is -2.48. The molecule has 3 nitrogen and oxygen atoms in total. The second kappa shape index (κ2) is 10.9. The Morgan fingerprint density at radius 3 is 2.67 bits per heavy atom. The van der Waals surface area contributed by atoms with Crippen molar-refractivity contribution >= 4 is 76.9 Å². The highest BCUT2D eigenvalue weighted by molar-refractivity contribution is 8.01. The molecule has 0 bridgehead atoms. The molecule has 4 heterocycles. The molecule has 4 unspecified atom stereocenters. The highest BCUT2D eigenvalue weighted by Crippen LogP contribution is 2.51. The van der Waals surface area contributed by atoms with Gasteiger partial charge in [-0.15, -0.1) is 23.1 Å². The van der Waals surface area contributed by atoms with Crippen LogP contribution in [0, 0.1) is 12.8 Å². The van der Waals surface area contributed by atoms with Gasteiger partial charge in [0.25, 0.3) is 0 Å². The molecule has 232 valence electrons. The maximum atomic E-state index is 5.57. The van der Waals surface area contributed by atoms with Crippen molar-refractivity contribution in [3.05, 3.63) is 156 Å². The number of aryl methyl sites for hydroxylation is 1. The molecule has 0 saturated heterocycles. The van der Waals surface area contributed by atoms with Gasteiger partial charge in [-0.2, -0.15) is 0 Å². The molecule has 0 spiro atoms. The van der Waals surface area contributed by atoms with E-state index in [4.69, 9.17) is 4.99 Å². The van der Waals surface area contributed by atoms with Crippen molar-refractivity contribution < 1.29 is 0 Å². The third-order valence-electron chi connectivity index (χ3n) is 10.5. The van der Waals surface area contributed by atoms with E-state index in [1.165, 1.54) is 80.4 Å². The summed E-state index contributed by atoms with van der Waals surface area (Å²) in [6, 6.07) is 26.7. The quantitative estimate of drug-likeness (QED) is 0.192. The Morgan fingerprint density at radius 2 is 1.75 bits per heavy atom. The first-order valence-electron chi connectivity index (χ1n) is 16.7. The van der Waals surface area contributed by atoms with E-state index in [1.54, 1.807) is 0 Å². The second-order valence-corrected chi connectivity index (χ2v) is 15.2. The summed E-state index contributed by atoms with van der Waals surface area (Å²) in [6.45, 7) is 6.33. The molecule has 5 heteroatoms. The molecule has 4 aromatic carbocycles. The number of rotatable bonds is 4. The van der Waals surface area contributed by atoms with E-state index in [0.29, 0.717) is 5.92 Å². The second-order valence-electron chi connectivity index (χ2n) is 13.0. The van der Waals surface area contributed by atoms with Gasteiger partial charge >= 0.3 is 0 Å². The van der Waals surface area contributed by atoms with Crippen LogP contribution in [-0.2, 0) is 0 Å². The Kier molecular flexibility index (Phi) is 6.45. The van der Waals surface area contributed by atoms with E-state index >= 15 is 0 Å². The number of hydrogen-bond acceptors (Lipinski definition) is 4. The van der Waals surface area contributed by atoms with Crippen LogP contribution in [0.3, 0.4) is 0 Å². The SMILES string of the molecule is C=C/C=C\c1c(C)c2c3ccccc3sc2c2c1c1ccccc1n2C1NC(C2=C3C=CC=CC3CC=C2)N=C2c3ccccc3SC21. The summed E-state index contributed by atoms with van der Waals surface area (Å²) in [4.78, 5) is 6.88. The molecule has 48 heavy (non-hydrogen) atoms. The fourth-order valence-electron chi connectivity index (χ4n) is 8.39. The molecule has 0 radical (unpaired) electrons. The van der Waals surface area contributed by atoms with Crippen LogP contribution in [0.25, 0.3) is 48.1 Å². The van der Waals surface area contributed by atoms with Gasteiger partial charge in [0, 0.05) is 42.6 Å². The zero-order valence-corrected chi connectivity index (χ0v) is 28.2. The van der Waals surface area contributed by atoms with E-state index in [1.807, 2.05) is 29.2 Å². The fourth-order valence-corrected chi connectivity index (χ4v) is 11.1. The average Bonchev–Trinajstić information content (AvgIpc) is 3.81. The molecule has 0 amide bonds. The van der Waals surface area contributed by atoms with E-state index in [2.05, 4.69) is 145 Å². The Balaban J connectivity index is 1.31. The van der Waals surface area contributed by atoms with Crippen molar-refractivity contribution in [2.75, 3.05) is 0 Å². The van der Waals surface area contributed by atoms with E-state index in [0.717, 1.165) is 6.42 Å². The van der Waals surface area contributed by atoms with E-state index < -0.39 is 0 Å². The molecular weight excluding hydrogens is 623 g/mol. The average molecular weight is 656 g/mol. The minimum Gasteiger partial charge on any atom is -0.321 e. The minimum atomic E-state index is -0.169. The Hall–Kier alpha value is -4.68. The van der Waals surface area contributed by atoms with Gasteiger partial charge in [-0.25, -0.2) is 0 Å². The first kappa shape index (κ1) is 28.3. The Bertz CT molecular complexity index is 2550. The minimum absolute atomic E-state index is 0.0420. The van der Waals surface area contributed by atoms with Gasteiger partial charge in [-0.1, -0.05) is 116 Å². The number of thioether (sulfide) groups is 1. The van der Waals surface area contributed by atoms with Crippen molar-refractivity contribution in [3.63, 3.8) is 0 Å². The van der Waals surface area contributed by atoms with Crippen LogP contribution >= 0.6 is 23.1 Å².